The van der Waals surface area contributed by atoms with E-state index < -0.39 is 86.8 Å². The number of ether oxygens (including phenoxy) is 4. The van der Waals surface area contributed by atoms with Gasteiger partial charge in [0.2, 0.25) is 5.91 Å². The molecule has 0 aromatic rings. The van der Waals surface area contributed by atoms with Gasteiger partial charge in [-0.3, -0.25) is 4.79 Å². The second-order valence-corrected chi connectivity index (χ2v) is 22.2. The average Bonchev–Trinajstić information content (AvgIpc) is 3.49. The summed E-state index contributed by atoms with van der Waals surface area (Å²) in [6.45, 7) is 2.64. The van der Waals surface area contributed by atoms with Crippen molar-refractivity contribution in [1.29, 1.82) is 0 Å². The van der Waals surface area contributed by atoms with E-state index in [0.29, 0.717) is 6.42 Å². The van der Waals surface area contributed by atoms with Gasteiger partial charge in [-0.25, -0.2) is 0 Å². The molecule has 2 aliphatic heterocycles. The number of hydrogen-bond acceptors (Lipinski definition) is 13. The Hall–Kier alpha value is -2.83. The molecule has 2 rings (SSSR count). The first-order valence-corrected chi connectivity index (χ1v) is 31.8. The molecule has 0 aromatic carbocycles. The van der Waals surface area contributed by atoms with Crippen molar-refractivity contribution in [2.75, 3.05) is 19.8 Å². The van der Waals surface area contributed by atoms with Crippen LogP contribution in [0.5, 0.6) is 0 Å². The van der Waals surface area contributed by atoms with Crippen molar-refractivity contribution in [2.45, 2.75) is 306 Å². The van der Waals surface area contributed by atoms with E-state index >= 15 is 0 Å². The average molecular weight is 1130 g/mol. The quantitative estimate of drug-likeness (QED) is 0.0204. The van der Waals surface area contributed by atoms with Crippen LogP contribution in [0.4, 0.5) is 0 Å². The summed E-state index contributed by atoms with van der Waals surface area (Å²) in [7, 11) is 0. The van der Waals surface area contributed by atoms with E-state index in [1.165, 1.54) is 122 Å². The maximum atomic E-state index is 13.2. The monoisotopic (exact) mass is 1130 g/mol. The van der Waals surface area contributed by atoms with Gasteiger partial charge < -0.3 is 65.1 Å². The first kappa shape index (κ1) is 73.3. The molecule has 9 N–H and O–H groups in total. The zero-order valence-electron chi connectivity index (χ0n) is 49.8. The van der Waals surface area contributed by atoms with Crippen LogP contribution in [-0.4, -0.2) is 140 Å². The van der Waals surface area contributed by atoms with Gasteiger partial charge in [-0.05, 0) is 70.6 Å². The van der Waals surface area contributed by atoms with Crippen molar-refractivity contribution in [3.8, 4) is 0 Å². The molecular formula is C66H115NO13. The third-order valence-corrected chi connectivity index (χ3v) is 15.1. The molecule has 2 aliphatic rings. The molecule has 0 aromatic heterocycles. The molecule has 0 saturated carbocycles. The first-order chi connectivity index (χ1) is 39.1. The van der Waals surface area contributed by atoms with Crippen molar-refractivity contribution >= 4 is 5.91 Å². The van der Waals surface area contributed by atoms with Crippen LogP contribution in [-0.2, 0) is 23.7 Å². The maximum absolute atomic E-state index is 13.2. The van der Waals surface area contributed by atoms with Crippen LogP contribution in [0.2, 0.25) is 0 Å². The fourth-order valence-corrected chi connectivity index (χ4v) is 10.0. The van der Waals surface area contributed by atoms with Gasteiger partial charge in [0, 0.05) is 6.42 Å². The lowest BCUT2D eigenvalue weighted by molar-refractivity contribution is -0.359. The van der Waals surface area contributed by atoms with Gasteiger partial charge in [0.1, 0.15) is 48.8 Å². The van der Waals surface area contributed by atoms with E-state index in [0.717, 1.165) is 83.5 Å². The minimum Gasteiger partial charge on any atom is -0.394 e. The molecule has 2 fully saturated rings. The van der Waals surface area contributed by atoms with Crippen molar-refractivity contribution in [3.63, 3.8) is 0 Å². The molecule has 80 heavy (non-hydrogen) atoms. The second kappa shape index (κ2) is 50.7. The molecule has 0 bridgehead atoms. The number of aliphatic hydroxyl groups is 8. The summed E-state index contributed by atoms with van der Waals surface area (Å²) >= 11 is 0. The predicted molar refractivity (Wildman–Crippen MR) is 323 cm³/mol. The molecule has 12 unspecified atom stereocenters. The van der Waals surface area contributed by atoms with Crippen LogP contribution in [0.25, 0.3) is 0 Å². The fourth-order valence-electron chi connectivity index (χ4n) is 10.0. The largest absolute Gasteiger partial charge is 0.394 e. The number of amides is 1. The van der Waals surface area contributed by atoms with E-state index in [-0.39, 0.29) is 18.9 Å². The van der Waals surface area contributed by atoms with Crippen molar-refractivity contribution in [3.05, 3.63) is 85.1 Å². The van der Waals surface area contributed by atoms with Crippen LogP contribution in [0, 0.1) is 0 Å². The van der Waals surface area contributed by atoms with Gasteiger partial charge in [0.15, 0.2) is 12.6 Å². The maximum Gasteiger partial charge on any atom is 0.220 e. The molecular weight excluding hydrogens is 1010 g/mol. The zero-order chi connectivity index (χ0) is 58.1. The van der Waals surface area contributed by atoms with Crippen LogP contribution in [0.15, 0.2) is 85.1 Å². The normalized spacial score (nSPS) is 24.8. The Morgan fingerprint density at radius 3 is 1.32 bits per heavy atom. The minimum absolute atomic E-state index is 0.243. The highest BCUT2D eigenvalue weighted by atomic mass is 16.7. The Balaban J connectivity index is 1.56. The van der Waals surface area contributed by atoms with Crippen LogP contribution in [0.1, 0.15) is 232 Å². The number of allylic oxidation sites excluding steroid dienone is 13. The minimum atomic E-state index is -1.79. The number of carbonyl (C=O) groups excluding carboxylic acids is 1. The zero-order valence-corrected chi connectivity index (χ0v) is 49.8. The number of aliphatic hydroxyl groups excluding tert-OH is 8. The first-order valence-electron chi connectivity index (χ1n) is 31.8. The number of rotatable bonds is 50. The lowest BCUT2D eigenvalue weighted by atomic mass is 9.97. The van der Waals surface area contributed by atoms with E-state index in [1.807, 2.05) is 6.08 Å². The molecule has 2 heterocycles. The van der Waals surface area contributed by atoms with Crippen LogP contribution >= 0.6 is 0 Å². The van der Waals surface area contributed by atoms with E-state index in [1.54, 1.807) is 6.08 Å². The fraction of sp³-hybridized carbons (Fsp3) is 0.773. The number of unbranched alkanes of at least 4 members (excludes halogenated alkanes) is 25. The summed E-state index contributed by atoms with van der Waals surface area (Å²) in [5.74, 6) is -0.243. The Morgan fingerprint density at radius 2 is 0.863 bits per heavy atom. The highest BCUT2D eigenvalue weighted by Gasteiger charge is 2.51. The Bertz CT molecular complexity index is 1660. The van der Waals surface area contributed by atoms with Gasteiger partial charge in [-0.1, -0.05) is 240 Å². The van der Waals surface area contributed by atoms with Gasteiger partial charge in [-0.15, -0.1) is 0 Å². The molecule has 12 atom stereocenters. The molecule has 14 heteroatoms. The number of nitrogens with one attached hydrogen (secondary N) is 1. The standard InChI is InChI=1S/C66H115NO13/c1-3-5-7-9-11-13-14-15-16-17-18-19-20-21-22-23-24-25-26-27-28-29-30-31-32-33-34-35-36-37-38-39-40-42-44-46-48-50-58(71)67-54(55(70)49-47-45-43-41-12-10-8-6-4-2)53-77-65-63(76)61(74)64(57(52-69)79-65)80-66-62(75)60(73)59(72)56(51-68)78-66/h5,7,11,13,15-16,18-19,21-22,24-25,47,49,54-57,59-66,68-70,72-76H,3-4,6,8-10,12,14,17,20,23,26-46,48,50-53H2,1-2H3,(H,67,71)/b7-5-,13-11-,16-15-,19-18-,22-21-,25-24-,49-47+. The van der Waals surface area contributed by atoms with Crippen molar-refractivity contribution in [2.24, 2.45) is 0 Å². The van der Waals surface area contributed by atoms with Gasteiger partial charge >= 0.3 is 0 Å². The van der Waals surface area contributed by atoms with Crippen molar-refractivity contribution in [1.82, 2.24) is 5.32 Å². The molecule has 14 nitrogen and oxygen atoms in total. The van der Waals surface area contributed by atoms with E-state index in [2.05, 4.69) is 92.1 Å². The third-order valence-electron chi connectivity index (χ3n) is 15.1. The third kappa shape index (κ3) is 35.3. The van der Waals surface area contributed by atoms with Crippen molar-refractivity contribution < 1.29 is 64.6 Å². The Morgan fingerprint density at radius 1 is 0.463 bits per heavy atom. The summed E-state index contributed by atoms with van der Waals surface area (Å²) in [5.41, 5.74) is 0. The van der Waals surface area contributed by atoms with Gasteiger partial charge in [-0.2, -0.15) is 0 Å². The van der Waals surface area contributed by atoms with E-state index in [9.17, 15) is 45.6 Å². The molecule has 462 valence electrons. The lowest BCUT2D eigenvalue weighted by Crippen LogP contribution is -2.65. The Labute approximate surface area is 484 Å². The van der Waals surface area contributed by atoms with Crippen LogP contribution in [0.3, 0.4) is 0 Å². The predicted octanol–water partition coefficient (Wildman–Crippen LogP) is 11.7. The summed E-state index contributed by atoms with van der Waals surface area (Å²) in [6, 6.07) is -0.914. The summed E-state index contributed by atoms with van der Waals surface area (Å²) in [6.07, 6.45) is 52.4. The summed E-state index contributed by atoms with van der Waals surface area (Å²) in [5, 5.41) is 86.9. The molecule has 1 amide bonds. The second-order valence-electron chi connectivity index (χ2n) is 22.2. The highest BCUT2D eigenvalue weighted by molar-refractivity contribution is 5.76. The molecule has 0 spiro atoms. The van der Waals surface area contributed by atoms with E-state index in [4.69, 9.17) is 18.9 Å². The number of carbonyl (C=O) groups is 1. The summed E-state index contributed by atoms with van der Waals surface area (Å²) < 4.78 is 22.7. The molecule has 0 radical (unpaired) electrons. The SMILES string of the molecule is CC/C=C\C/C=C\C/C=C\C/C=C\C/C=C\C/C=C\CCCCCCCCCCCCCCCCCCCCC(=O)NC(COC1OC(CO)C(OC2OC(CO)C(O)C(O)C2O)C(O)C1O)C(O)/C=C/CCCCCCCCC. The van der Waals surface area contributed by atoms with Gasteiger partial charge in [0.25, 0.3) is 0 Å². The molecule has 0 aliphatic carbocycles. The Kier molecular flexibility index (Phi) is 46.4. The lowest BCUT2D eigenvalue weighted by Gasteiger charge is -2.46. The highest BCUT2D eigenvalue weighted by Crippen LogP contribution is 2.30. The molecule has 2 saturated heterocycles. The van der Waals surface area contributed by atoms with Gasteiger partial charge in [0.05, 0.1) is 32.0 Å². The summed E-state index contributed by atoms with van der Waals surface area (Å²) in [4.78, 5) is 13.2. The number of hydrogen-bond donors (Lipinski definition) is 9. The topological polar surface area (TPSA) is 228 Å². The smallest absolute Gasteiger partial charge is 0.220 e. The van der Waals surface area contributed by atoms with Crippen LogP contribution < -0.4 is 5.32 Å².